The summed E-state index contributed by atoms with van der Waals surface area (Å²) in [6.07, 6.45) is -0.255. The van der Waals surface area contributed by atoms with Gasteiger partial charge in [0.2, 0.25) is 0 Å². The zero-order valence-corrected chi connectivity index (χ0v) is 5.61. The first-order chi connectivity index (χ1) is 5.18. The summed E-state index contributed by atoms with van der Waals surface area (Å²) in [6, 6.07) is 0. The zero-order valence-electron chi connectivity index (χ0n) is 5.61. The Balaban J connectivity index is 2.11. The van der Waals surface area contributed by atoms with Crippen LogP contribution in [-0.2, 0) is 14.3 Å². The summed E-state index contributed by atoms with van der Waals surface area (Å²) in [4.78, 5) is 21.8. The zero-order chi connectivity index (χ0) is 7.80. The summed E-state index contributed by atoms with van der Waals surface area (Å²) in [5, 5.41) is 8.80. The maximum absolute atomic E-state index is 11.1. The van der Waals surface area contributed by atoms with Gasteiger partial charge in [0.25, 0.3) is 0 Å². The Morgan fingerprint density at radius 1 is 1.73 bits per heavy atom. The van der Waals surface area contributed by atoms with Gasteiger partial charge >= 0.3 is 5.97 Å². The Hall–Kier alpha value is -0.900. The molecule has 2 saturated heterocycles. The number of hydrogen-bond donors (Lipinski definition) is 1. The van der Waals surface area contributed by atoms with Crippen molar-refractivity contribution < 1.29 is 19.4 Å². The molecule has 0 radical (unpaired) electrons. The summed E-state index contributed by atoms with van der Waals surface area (Å²) >= 11 is 0. The van der Waals surface area contributed by atoms with Crippen molar-refractivity contribution in [3.63, 3.8) is 0 Å². The number of aliphatic carboxylic acids is 1. The Morgan fingerprint density at radius 2 is 2.45 bits per heavy atom. The second kappa shape index (κ2) is 1.22. The fourth-order valence-electron chi connectivity index (χ4n) is 2.49. The predicted octanol–water partition coefficient (Wildman–Crippen LogP) is -0.573. The van der Waals surface area contributed by atoms with E-state index in [9.17, 15) is 9.59 Å². The van der Waals surface area contributed by atoms with Gasteiger partial charge in [-0.25, -0.2) is 0 Å². The van der Waals surface area contributed by atoms with Crippen molar-refractivity contribution >= 4 is 11.8 Å². The lowest BCUT2D eigenvalue weighted by Gasteiger charge is -1.97. The molecule has 0 aromatic heterocycles. The van der Waals surface area contributed by atoms with Crippen molar-refractivity contribution in [2.75, 3.05) is 0 Å². The SMILES string of the molecule is O=C1C2[C@H]3O[C@@H]1C[C@@]23C(=O)O. The fraction of sp³-hybridized carbons (Fsp3) is 0.714. The Bertz CT molecular complexity index is 284. The predicted molar refractivity (Wildman–Crippen MR) is 31.8 cm³/mol. The highest BCUT2D eigenvalue weighted by atomic mass is 16.5. The second-order valence-corrected chi connectivity index (χ2v) is 3.48. The van der Waals surface area contributed by atoms with Crippen LogP contribution >= 0.6 is 0 Å². The highest BCUT2D eigenvalue weighted by Crippen LogP contribution is 2.70. The van der Waals surface area contributed by atoms with E-state index in [1.165, 1.54) is 0 Å². The van der Waals surface area contributed by atoms with Crippen molar-refractivity contribution in [3.05, 3.63) is 0 Å². The van der Waals surface area contributed by atoms with Gasteiger partial charge in [0.1, 0.15) is 11.5 Å². The number of carboxylic acids is 1. The number of carbonyl (C=O) groups excluding carboxylic acids is 1. The molecule has 4 fully saturated rings. The summed E-state index contributed by atoms with van der Waals surface area (Å²) in [6.45, 7) is 0. The van der Waals surface area contributed by atoms with Gasteiger partial charge in [-0.05, 0) is 0 Å². The van der Waals surface area contributed by atoms with E-state index >= 15 is 0 Å². The molecule has 2 heterocycles. The van der Waals surface area contributed by atoms with E-state index in [0.29, 0.717) is 6.42 Å². The first-order valence-corrected chi connectivity index (χ1v) is 3.60. The van der Waals surface area contributed by atoms with E-state index in [1.54, 1.807) is 0 Å². The molecule has 4 atom stereocenters. The molecule has 1 unspecified atom stereocenters. The Morgan fingerprint density at radius 3 is 2.64 bits per heavy atom. The van der Waals surface area contributed by atoms with Crippen molar-refractivity contribution in [1.29, 1.82) is 0 Å². The summed E-state index contributed by atoms with van der Waals surface area (Å²) in [5.74, 6) is -1.15. The van der Waals surface area contributed by atoms with Crippen LogP contribution in [0.25, 0.3) is 0 Å². The average molecular weight is 154 g/mol. The smallest absolute Gasteiger partial charge is 0.313 e. The van der Waals surface area contributed by atoms with Gasteiger partial charge in [-0.1, -0.05) is 0 Å². The quantitative estimate of drug-likeness (QED) is 0.549. The minimum Gasteiger partial charge on any atom is -0.481 e. The summed E-state index contributed by atoms with van der Waals surface area (Å²) in [5.41, 5.74) is -0.790. The minimum atomic E-state index is -0.860. The van der Waals surface area contributed by atoms with E-state index in [1.807, 2.05) is 0 Å². The molecule has 1 N–H and O–H groups in total. The molecule has 4 rings (SSSR count). The van der Waals surface area contributed by atoms with Crippen LogP contribution in [0.2, 0.25) is 0 Å². The lowest BCUT2D eigenvalue weighted by molar-refractivity contribution is -0.144. The second-order valence-electron chi connectivity index (χ2n) is 3.48. The topological polar surface area (TPSA) is 63.6 Å². The third-order valence-electron chi connectivity index (χ3n) is 3.11. The lowest BCUT2D eigenvalue weighted by atomic mass is 10.1. The molecule has 2 aliphatic heterocycles. The number of ketones is 1. The summed E-state index contributed by atoms with van der Waals surface area (Å²) < 4.78 is 5.16. The van der Waals surface area contributed by atoms with E-state index in [-0.39, 0.29) is 23.9 Å². The third kappa shape index (κ3) is 0.352. The molecule has 58 valence electrons. The summed E-state index contributed by atoms with van der Waals surface area (Å²) in [7, 11) is 0. The van der Waals surface area contributed by atoms with Gasteiger partial charge in [0.05, 0.1) is 12.0 Å². The van der Waals surface area contributed by atoms with E-state index < -0.39 is 11.4 Å². The molecule has 4 aliphatic rings. The first kappa shape index (κ1) is 5.71. The van der Waals surface area contributed by atoms with Crippen LogP contribution in [0.3, 0.4) is 0 Å². The van der Waals surface area contributed by atoms with Crippen LogP contribution in [0.1, 0.15) is 6.42 Å². The standard InChI is InChI=1S/C7H6O4/c8-4-2-1-7(6(9)10)3(4)5(7)11-2/h2-3,5H,1H2,(H,9,10)/t2-,3?,5-,7-/m1/s1. The van der Waals surface area contributed by atoms with Crippen molar-refractivity contribution in [3.8, 4) is 0 Å². The number of Topliss-reactive ketones (excluding diaryl/α,β-unsaturated/α-hetero) is 1. The number of carboxylic acid groups (broad SMARTS) is 1. The van der Waals surface area contributed by atoms with Crippen LogP contribution in [0.4, 0.5) is 0 Å². The van der Waals surface area contributed by atoms with Crippen LogP contribution in [0.15, 0.2) is 0 Å². The van der Waals surface area contributed by atoms with E-state index in [0.717, 1.165) is 0 Å². The van der Waals surface area contributed by atoms with E-state index in [2.05, 4.69) is 0 Å². The van der Waals surface area contributed by atoms with Gasteiger partial charge in [-0.15, -0.1) is 0 Å². The van der Waals surface area contributed by atoms with Crippen LogP contribution in [0.5, 0.6) is 0 Å². The van der Waals surface area contributed by atoms with Crippen molar-refractivity contribution in [1.82, 2.24) is 0 Å². The van der Waals surface area contributed by atoms with Crippen LogP contribution in [0, 0.1) is 11.3 Å². The molecule has 11 heavy (non-hydrogen) atoms. The molecule has 2 saturated carbocycles. The highest BCUT2D eigenvalue weighted by Gasteiger charge is 2.85. The van der Waals surface area contributed by atoms with Gasteiger partial charge in [0.15, 0.2) is 5.78 Å². The molecule has 0 aromatic rings. The largest absolute Gasteiger partial charge is 0.481 e. The molecule has 4 heteroatoms. The van der Waals surface area contributed by atoms with Gasteiger partial charge in [0, 0.05) is 6.42 Å². The van der Waals surface area contributed by atoms with Crippen molar-refractivity contribution in [2.45, 2.75) is 18.6 Å². The normalized spacial score (nSPS) is 56.7. The third-order valence-corrected chi connectivity index (χ3v) is 3.11. The Labute approximate surface area is 62.1 Å². The van der Waals surface area contributed by atoms with Crippen molar-refractivity contribution in [2.24, 2.45) is 11.3 Å². The Kier molecular flexibility index (Phi) is 0.635. The lowest BCUT2D eigenvalue weighted by Crippen LogP contribution is -2.15. The monoisotopic (exact) mass is 154 g/mol. The molecule has 4 bridgehead atoms. The molecule has 2 aliphatic carbocycles. The number of ether oxygens (including phenoxy) is 1. The van der Waals surface area contributed by atoms with E-state index in [4.69, 9.17) is 9.84 Å². The van der Waals surface area contributed by atoms with Gasteiger partial charge in [-0.3, -0.25) is 9.59 Å². The van der Waals surface area contributed by atoms with Gasteiger partial charge in [-0.2, -0.15) is 0 Å². The molecular weight excluding hydrogens is 148 g/mol. The molecular formula is C7H6O4. The fourth-order valence-corrected chi connectivity index (χ4v) is 2.49. The highest BCUT2D eigenvalue weighted by molar-refractivity contribution is 6.04. The minimum absolute atomic E-state index is 0.0115. The molecule has 0 amide bonds. The van der Waals surface area contributed by atoms with Crippen LogP contribution in [-0.4, -0.2) is 29.1 Å². The first-order valence-electron chi connectivity index (χ1n) is 3.60. The number of hydrogen-bond acceptors (Lipinski definition) is 3. The van der Waals surface area contributed by atoms with Gasteiger partial charge < -0.3 is 9.84 Å². The molecule has 4 nitrogen and oxygen atoms in total. The van der Waals surface area contributed by atoms with Crippen LogP contribution < -0.4 is 0 Å². The number of carbonyl (C=O) groups is 2. The maximum Gasteiger partial charge on any atom is 0.313 e. The average Bonchev–Trinajstić information content (AvgIpc) is 2.32. The molecule has 0 aromatic carbocycles. The molecule has 0 spiro atoms. The maximum atomic E-state index is 11.1. The number of rotatable bonds is 1.